The van der Waals surface area contributed by atoms with E-state index in [1.54, 1.807) is 11.1 Å². The molecular formula is C22H25NS. The summed E-state index contributed by atoms with van der Waals surface area (Å²) in [7, 11) is 2.24. The third-order valence-electron chi connectivity index (χ3n) is 5.53. The Balaban J connectivity index is 1.92. The average molecular weight is 336 g/mol. The van der Waals surface area contributed by atoms with Crippen LogP contribution in [0.2, 0.25) is 0 Å². The van der Waals surface area contributed by atoms with Gasteiger partial charge in [-0.1, -0.05) is 61.0 Å². The Labute approximate surface area is 149 Å². The minimum Gasteiger partial charge on any atom is -0.306 e. The van der Waals surface area contributed by atoms with Crippen molar-refractivity contribution in [2.24, 2.45) is 0 Å². The minimum absolute atomic E-state index is 0.0796. The van der Waals surface area contributed by atoms with Crippen LogP contribution < -0.4 is 0 Å². The van der Waals surface area contributed by atoms with Gasteiger partial charge in [0.15, 0.2) is 0 Å². The van der Waals surface area contributed by atoms with Crippen molar-refractivity contribution >= 4 is 17.3 Å². The van der Waals surface area contributed by atoms with E-state index in [4.69, 9.17) is 0 Å². The number of fused-ring (bicyclic) bond motifs is 1. The second-order valence-corrected chi connectivity index (χ2v) is 8.27. The van der Waals surface area contributed by atoms with Gasteiger partial charge in [-0.3, -0.25) is 0 Å². The van der Waals surface area contributed by atoms with Gasteiger partial charge in [-0.15, -0.1) is 11.8 Å². The van der Waals surface area contributed by atoms with E-state index in [9.17, 15) is 0 Å². The number of hydrogen-bond donors (Lipinski definition) is 0. The molecule has 4 rings (SSSR count). The molecule has 2 heterocycles. The maximum atomic E-state index is 2.45. The van der Waals surface area contributed by atoms with Gasteiger partial charge in [-0.05, 0) is 49.1 Å². The molecule has 124 valence electrons. The van der Waals surface area contributed by atoms with Crippen molar-refractivity contribution < 1.29 is 0 Å². The van der Waals surface area contributed by atoms with E-state index in [1.807, 2.05) is 0 Å². The highest BCUT2D eigenvalue weighted by Crippen LogP contribution is 2.61. The van der Waals surface area contributed by atoms with Crippen LogP contribution in [0.15, 0.2) is 65.1 Å². The molecule has 0 aliphatic carbocycles. The van der Waals surface area contributed by atoms with Crippen LogP contribution in [0.4, 0.5) is 0 Å². The minimum atomic E-state index is 0.0796. The Bertz CT molecular complexity index is 755. The summed E-state index contributed by atoms with van der Waals surface area (Å²) in [6.07, 6.45) is 3.54. The summed E-state index contributed by atoms with van der Waals surface area (Å²) in [6.45, 7) is 4.71. The Morgan fingerprint density at radius 1 is 0.958 bits per heavy atom. The van der Waals surface area contributed by atoms with Crippen molar-refractivity contribution in [1.82, 2.24) is 4.90 Å². The molecule has 2 aromatic rings. The Morgan fingerprint density at radius 3 is 2.33 bits per heavy atom. The lowest BCUT2D eigenvalue weighted by atomic mass is 9.79. The molecule has 0 N–H and O–H groups in total. The Hall–Kier alpha value is -1.51. The summed E-state index contributed by atoms with van der Waals surface area (Å²) in [6, 6.07) is 20.2. The lowest BCUT2D eigenvalue weighted by Gasteiger charge is -2.34. The molecule has 1 saturated heterocycles. The zero-order chi connectivity index (χ0) is 16.6. The van der Waals surface area contributed by atoms with Crippen LogP contribution in [0.3, 0.4) is 0 Å². The van der Waals surface area contributed by atoms with Gasteiger partial charge in [-0.2, -0.15) is 0 Å². The number of nitrogens with zero attached hydrogens (tertiary/aromatic N) is 1. The summed E-state index contributed by atoms with van der Waals surface area (Å²) in [5.74, 6) is 0. The third kappa shape index (κ3) is 2.53. The molecule has 24 heavy (non-hydrogen) atoms. The van der Waals surface area contributed by atoms with E-state index in [-0.39, 0.29) is 4.75 Å². The lowest BCUT2D eigenvalue weighted by Crippen LogP contribution is -2.29. The summed E-state index contributed by atoms with van der Waals surface area (Å²) in [5, 5.41) is 0. The van der Waals surface area contributed by atoms with E-state index in [1.165, 1.54) is 42.0 Å². The first kappa shape index (κ1) is 16.0. The van der Waals surface area contributed by atoms with E-state index < -0.39 is 0 Å². The Kier molecular flexibility index (Phi) is 4.28. The van der Waals surface area contributed by atoms with Gasteiger partial charge in [0, 0.05) is 18.0 Å². The van der Waals surface area contributed by atoms with Crippen molar-refractivity contribution in [2.45, 2.75) is 35.8 Å². The molecule has 1 nitrogen and oxygen atoms in total. The van der Waals surface area contributed by atoms with Crippen molar-refractivity contribution in [3.63, 3.8) is 0 Å². The second kappa shape index (κ2) is 6.42. The maximum Gasteiger partial charge on any atom is 0.0707 e. The van der Waals surface area contributed by atoms with Crippen molar-refractivity contribution in [3.8, 4) is 0 Å². The number of hydrogen-bond acceptors (Lipinski definition) is 2. The van der Waals surface area contributed by atoms with Crippen LogP contribution in [0.25, 0.3) is 5.57 Å². The second-order valence-electron chi connectivity index (χ2n) is 6.93. The predicted octanol–water partition coefficient (Wildman–Crippen LogP) is 5.58. The first-order valence-electron chi connectivity index (χ1n) is 8.99. The molecule has 0 saturated carbocycles. The molecule has 0 spiro atoms. The molecule has 2 aliphatic rings. The zero-order valence-corrected chi connectivity index (χ0v) is 15.4. The molecule has 2 heteroatoms. The zero-order valence-electron chi connectivity index (χ0n) is 14.6. The fourth-order valence-corrected chi connectivity index (χ4v) is 5.75. The monoisotopic (exact) mass is 335 g/mol. The number of likely N-dealkylation sites (tertiary alicyclic amines) is 1. The quantitative estimate of drug-likeness (QED) is 0.705. The molecule has 0 amide bonds. The molecule has 0 radical (unpaired) electrons. The van der Waals surface area contributed by atoms with E-state index in [0.29, 0.717) is 0 Å². The van der Waals surface area contributed by atoms with Gasteiger partial charge >= 0.3 is 0 Å². The van der Waals surface area contributed by atoms with E-state index >= 15 is 0 Å². The van der Waals surface area contributed by atoms with Gasteiger partial charge in [0.2, 0.25) is 0 Å². The van der Waals surface area contributed by atoms with Crippen LogP contribution in [-0.2, 0) is 4.75 Å². The summed E-state index contributed by atoms with van der Waals surface area (Å²) < 4.78 is 0.0796. The number of benzene rings is 2. The third-order valence-corrected chi connectivity index (χ3v) is 7.18. The van der Waals surface area contributed by atoms with Crippen LogP contribution in [0.5, 0.6) is 0 Å². The van der Waals surface area contributed by atoms with Crippen molar-refractivity contribution in [1.29, 1.82) is 0 Å². The topological polar surface area (TPSA) is 3.24 Å². The summed E-state index contributed by atoms with van der Waals surface area (Å²) in [5.41, 5.74) is 6.23. The van der Waals surface area contributed by atoms with Gasteiger partial charge in [0.1, 0.15) is 0 Å². The molecule has 1 fully saturated rings. The average Bonchev–Trinajstić information content (AvgIpc) is 2.99. The van der Waals surface area contributed by atoms with Crippen molar-refractivity contribution in [2.75, 3.05) is 20.1 Å². The van der Waals surface area contributed by atoms with Gasteiger partial charge in [-0.25, -0.2) is 0 Å². The highest BCUT2D eigenvalue weighted by atomic mass is 32.2. The van der Waals surface area contributed by atoms with Gasteiger partial charge < -0.3 is 4.90 Å². The van der Waals surface area contributed by atoms with E-state index in [2.05, 4.69) is 85.2 Å². The SMILES string of the molecule is CCC1(c2ccccc2)Sc2ccccc2C1=C1CCN(C)CC1. The molecule has 0 aromatic heterocycles. The lowest BCUT2D eigenvalue weighted by molar-refractivity contribution is 0.312. The van der Waals surface area contributed by atoms with Crippen LogP contribution in [-0.4, -0.2) is 25.0 Å². The van der Waals surface area contributed by atoms with Gasteiger partial charge in [0.05, 0.1) is 4.75 Å². The first-order chi connectivity index (χ1) is 11.7. The molecule has 1 atom stereocenters. The summed E-state index contributed by atoms with van der Waals surface area (Å²) >= 11 is 2.07. The smallest absolute Gasteiger partial charge is 0.0707 e. The van der Waals surface area contributed by atoms with Gasteiger partial charge in [0.25, 0.3) is 0 Å². The standard InChI is InChI=1S/C22H25NS/c1-3-22(18-9-5-4-6-10-18)21(17-13-15-23(2)16-14-17)19-11-7-8-12-20(19)24-22/h4-12H,3,13-16H2,1-2H3. The molecular weight excluding hydrogens is 310 g/mol. The normalized spacial score (nSPS) is 24.2. The number of thioether (sulfide) groups is 1. The molecule has 2 aliphatic heterocycles. The predicted molar refractivity (Wildman–Crippen MR) is 104 cm³/mol. The summed E-state index contributed by atoms with van der Waals surface area (Å²) in [4.78, 5) is 3.90. The fraction of sp³-hybridized carbons (Fsp3) is 0.364. The maximum absolute atomic E-state index is 2.45. The fourth-order valence-electron chi connectivity index (χ4n) is 4.20. The highest BCUT2D eigenvalue weighted by Gasteiger charge is 2.44. The van der Waals surface area contributed by atoms with Crippen molar-refractivity contribution in [3.05, 3.63) is 71.3 Å². The van der Waals surface area contributed by atoms with Crippen LogP contribution >= 0.6 is 11.8 Å². The molecule has 2 aromatic carbocycles. The van der Waals surface area contributed by atoms with E-state index in [0.717, 1.165) is 6.42 Å². The van der Waals surface area contributed by atoms with Crippen LogP contribution in [0.1, 0.15) is 37.3 Å². The first-order valence-corrected chi connectivity index (χ1v) is 9.81. The number of piperidine rings is 1. The van der Waals surface area contributed by atoms with Crippen LogP contribution in [0, 0.1) is 0 Å². The molecule has 0 bridgehead atoms. The Morgan fingerprint density at radius 2 is 1.62 bits per heavy atom. The largest absolute Gasteiger partial charge is 0.306 e. The number of rotatable bonds is 2. The molecule has 1 unspecified atom stereocenters. The highest BCUT2D eigenvalue weighted by molar-refractivity contribution is 8.01.